The molecule has 1 fully saturated rings. The molecule has 14 heavy (non-hydrogen) atoms. The summed E-state index contributed by atoms with van der Waals surface area (Å²) in [7, 11) is 0. The second-order valence-corrected chi connectivity index (χ2v) is 3.56. The fourth-order valence-corrected chi connectivity index (χ4v) is 1.62. The summed E-state index contributed by atoms with van der Waals surface area (Å²) in [6.07, 6.45) is -1.13. The first-order chi connectivity index (χ1) is 6.66. The van der Waals surface area contributed by atoms with Gasteiger partial charge in [0.1, 0.15) is 12.8 Å². The van der Waals surface area contributed by atoms with E-state index >= 15 is 0 Å². The van der Waals surface area contributed by atoms with E-state index in [1.54, 1.807) is 6.42 Å². The average Bonchev–Trinajstić information content (AvgIpc) is 2.27. The fraction of sp³-hybridized carbons (Fsp3) is 0.800. The van der Waals surface area contributed by atoms with Crippen LogP contribution in [0.15, 0.2) is 0 Å². The predicted octanol–water partition coefficient (Wildman–Crippen LogP) is 3.18. The summed E-state index contributed by atoms with van der Waals surface area (Å²) in [5, 5.41) is 0. The van der Waals surface area contributed by atoms with Gasteiger partial charge in [-0.2, -0.15) is 0 Å². The average molecular weight is 210 g/mol. The largest absolute Gasteiger partial charge is 0.248 e. The summed E-state index contributed by atoms with van der Waals surface area (Å²) in [4.78, 5) is 0. The molecule has 0 aliphatic heterocycles. The van der Waals surface area contributed by atoms with Crippen molar-refractivity contribution in [2.45, 2.75) is 37.8 Å². The molecule has 2 radical (unpaired) electrons. The molecule has 0 amide bonds. The third kappa shape index (κ3) is 2.85. The van der Waals surface area contributed by atoms with Gasteiger partial charge in [-0.15, -0.1) is 0 Å². The molecule has 0 saturated heterocycles. The van der Waals surface area contributed by atoms with Crippen molar-refractivity contribution in [3.63, 3.8) is 0 Å². The molecule has 4 heteroatoms. The third-order valence-corrected chi connectivity index (χ3v) is 2.49. The minimum absolute atomic E-state index is 0.417. The molecule has 4 unspecified atom stereocenters. The third-order valence-electron chi connectivity index (χ3n) is 2.49. The van der Waals surface area contributed by atoms with Crippen LogP contribution in [0.1, 0.15) is 19.3 Å². The molecule has 0 aromatic carbocycles. The van der Waals surface area contributed by atoms with Gasteiger partial charge in [0.2, 0.25) is 0 Å². The van der Waals surface area contributed by atoms with Crippen molar-refractivity contribution in [2.24, 2.45) is 5.92 Å². The van der Waals surface area contributed by atoms with Gasteiger partial charge in [-0.1, -0.05) is 0 Å². The van der Waals surface area contributed by atoms with Crippen LogP contribution in [0.2, 0.25) is 0 Å². The zero-order valence-electron chi connectivity index (χ0n) is 7.80. The van der Waals surface area contributed by atoms with Crippen LogP contribution in [0, 0.1) is 18.8 Å². The van der Waals surface area contributed by atoms with Gasteiger partial charge in [-0.05, 0) is 38.0 Å². The van der Waals surface area contributed by atoms with E-state index in [2.05, 4.69) is 0 Å². The highest BCUT2D eigenvalue weighted by Crippen LogP contribution is 2.30. The van der Waals surface area contributed by atoms with E-state index in [0.29, 0.717) is 12.8 Å². The van der Waals surface area contributed by atoms with E-state index in [1.165, 1.54) is 0 Å². The Bertz CT molecular complexity index is 154. The van der Waals surface area contributed by atoms with Crippen molar-refractivity contribution in [1.82, 2.24) is 0 Å². The minimum atomic E-state index is -2.34. The fourth-order valence-electron chi connectivity index (χ4n) is 1.62. The van der Waals surface area contributed by atoms with Crippen molar-refractivity contribution in [3.8, 4) is 0 Å². The van der Waals surface area contributed by atoms with E-state index < -0.39 is 31.1 Å². The number of rotatable bonds is 4. The maximum absolute atomic E-state index is 13.3. The normalized spacial score (nSPS) is 25.7. The lowest BCUT2D eigenvalue weighted by Gasteiger charge is -2.27. The van der Waals surface area contributed by atoms with Crippen LogP contribution >= 0.6 is 0 Å². The highest BCUT2D eigenvalue weighted by atomic mass is 19.2. The molecule has 82 valence electrons. The molecule has 0 nitrogen and oxygen atoms in total. The van der Waals surface area contributed by atoms with Crippen LogP contribution in [0.3, 0.4) is 0 Å². The van der Waals surface area contributed by atoms with E-state index in [-0.39, 0.29) is 0 Å². The second-order valence-electron chi connectivity index (χ2n) is 3.56. The number of halogens is 4. The quantitative estimate of drug-likeness (QED) is 0.625. The summed E-state index contributed by atoms with van der Waals surface area (Å²) >= 11 is 0. The Hall–Kier alpha value is -0.280. The summed E-state index contributed by atoms with van der Waals surface area (Å²) in [6.45, 7) is -1.46. The molecule has 0 aromatic heterocycles. The molecule has 0 spiro atoms. The number of alkyl halides is 4. The molecule has 0 heterocycles. The van der Waals surface area contributed by atoms with E-state index in [0.717, 1.165) is 6.42 Å². The molecular weight excluding hydrogens is 196 g/mol. The first kappa shape index (κ1) is 11.8. The van der Waals surface area contributed by atoms with Crippen LogP contribution in [-0.4, -0.2) is 25.2 Å². The number of hydrogen-bond acceptors (Lipinski definition) is 0. The highest BCUT2D eigenvalue weighted by molar-refractivity contribution is 4.96. The van der Waals surface area contributed by atoms with Crippen molar-refractivity contribution in [3.05, 3.63) is 12.8 Å². The molecule has 1 aliphatic carbocycles. The van der Waals surface area contributed by atoms with Crippen LogP contribution in [0.4, 0.5) is 17.6 Å². The lowest BCUT2D eigenvalue weighted by atomic mass is 9.84. The van der Waals surface area contributed by atoms with Crippen LogP contribution in [0.25, 0.3) is 0 Å². The molecular formula is C10H14F4. The predicted molar refractivity (Wildman–Crippen MR) is 46.6 cm³/mol. The lowest BCUT2D eigenvalue weighted by molar-refractivity contribution is 0.0416. The van der Waals surface area contributed by atoms with Gasteiger partial charge >= 0.3 is 0 Å². The second kappa shape index (κ2) is 5.56. The first-order valence-electron chi connectivity index (χ1n) is 4.80. The summed E-state index contributed by atoms with van der Waals surface area (Å²) in [5.41, 5.74) is 0. The topological polar surface area (TPSA) is 0 Å². The van der Waals surface area contributed by atoms with Crippen molar-refractivity contribution < 1.29 is 17.6 Å². The van der Waals surface area contributed by atoms with Crippen LogP contribution in [-0.2, 0) is 0 Å². The van der Waals surface area contributed by atoms with Gasteiger partial charge in [-0.3, -0.25) is 0 Å². The SMILES string of the molecule is FCC(F)C(F)C(F)C1[CH]CC[CH]C1. The van der Waals surface area contributed by atoms with E-state index in [4.69, 9.17) is 0 Å². The van der Waals surface area contributed by atoms with Gasteiger partial charge in [0.05, 0.1) is 0 Å². The Morgan fingerprint density at radius 2 is 1.93 bits per heavy atom. The van der Waals surface area contributed by atoms with Crippen molar-refractivity contribution in [1.29, 1.82) is 0 Å². The molecule has 1 saturated carbocycles. The monoisotopic (exact) mass is 210 g/mol. The summed E-state index contributed by atoms with van der Waals surface area (Å²) in [6, 6.07) is 0. The standard InChI is InChI=1S/C10H14F4/c11-6-8(12)10(14)9(13)7-4-2-1-3-5-7/h2,5,7-10H,1,3-4,6H2. The summed E-state index contributed by atoms with van der Waals surface area (Å²) in [5.74, 6) is -0.594. The smallest absolute Gasteiger partial charge is 0.165 e. The Morgan fingerprint density at radius 1 is 1.21 bits per heavy atom. The van der Waals surface area contributed by atoms with Crippen LogP contribution < -0.4 is 0 Å². The highest BCUT2D eigenvalue weighted by Gasteiger charge is 2.36. The van der Waals surface area contributed by atoms with Gasteiger partial charge in [0.25, 0.3) is 0 Å². The maximum Gasteiger partial charge on any atom is 0.165 e. The zero-order valence-corrected chi connectivity index (χ0v) is 7.80. The first-order valence-corrected chi connectivity index (χ1v) is 4.80. The van der Waals surface area contributed by atoms with Gasteiger partial charge in [-0.25, -0.2) is 17.6 Å². The molecule has 0 aromatic rings. The molecule has 4 atom stereocenters. The Balaban J connectivity index is 2.41. The molecule has 0 N–H and O–H groups in total. The Labute approximate surface area is 81.7 Å². The number of hydrogen-bond donors (Lipinski definition) is 0. The molecule has 1 aliphatic rings. The van der Waals surface area contributed by atoms with Crippen molar-refractivity contribution >= 4 is 0 Å². The maximum atomic E-state index is 13.3. The molecule has 1 rings (SSSR count). The lowest BCUT2D eigenvalue weighted by Crippen LogP contribution is -2.36. The van der Waals surface area contributed by atoms with Crippen LogP contribution in [0.5, 0.6) is 0 Å². The summed E-state index contributed by atoms with van der Waals surface area (Å²) < 4.78 is 50.5. The Kier molecular flexibility index (Phi) is 4.69. The van der Waals surface area contributed by atoms with Gasteiger partial charge in [0, 0.05) is 0 Å². The van der Waals surface area contributed by atoms with Crippen molar-refractivity contribution in [2.75, 3.05) is 6.67 Å². The van der Waals surface area contributed by atoms with E-state index in [9.17, 15) is 17.6 Å². The Morgan fingerprint density at radius 3 is 2.43 bits per heavy atom. The molecule has 0 bridgehead atoms. The van der Waals surface area contributed by atoms with E-state index in [1.807, 2.05) is 6.42 Å². The van der Waals surface area contributed by atoms with Gasteiger partial charge < -0.3 is 0 Å². The zero-order chi connectivity index (χ0) is 10.6. The van der Waals surface area contributed by atoms with Gasteiger partial charge in [0.15, 0.2) is 12.3 Å². The minimum Gasteiger partial charge on any atom is -0.248 e.